The molecule has 0 aliphatic heterocycles. The van der Waals surface area contributed by atoms with Gasteiger partial charge in [-0.1, -0.05) is 34.1 Å². The Bertz CT molecular complexity index is 566. The van der Waals surface area contributed by atoms with Gasteiger partial charge in [0.25, 0.3) is 0 Å². The van der Waals surface area contributed by atoms with Gasteiger partial charge in [-0.15, -0.1) is 0 Å². The van der Waals surface area contributed by atoms with Crippen molar-refractivity contribution in [2.24, 2.45) is 0 Å². The van der Waals surface area contributed by atoms with E-state index in [1.54, 1.807) is 6.07 Å². The molecular formula is C17H19BrFN. The summed E-state index contributed by atoms with van der Waals surface area (Å²) < 4.78 is 14.1. The minimum absolute atomic E-state index is 0.172. The van der Waals surface area contributed by atoms with Crippen LogP contribution < -0.4 is 5.32 Å². The zero-order valence-corrected chi connectivity index (χ0v) is 13.4. The van der Waals surface area contributed by atoms with E-state index < -0.39 is 0 Å². The van der Waals surface area contributed by atoms with Gasteiger partial charge in [0, 0.05) is 17.1 Å². The topological polar surface area (TPSA) is 12.0 Å². The second-order valence-corrected chi connectivity index (χ2v) is 6.10. The van der Waals surface area contributed by atoms with Gasteiger partial charge in [0.1, 0.15) is 5.82 Å². The van der Waals surface area contributed by atoms with E-state index in [-0.39, 0.29) is 5.82 Å². The Balaban J connectivity index is 1.88. The standard InChI is InChI=1S/C17H19BrFN/c1-12-9-17(19)8-5-15(12)11-20-13(2)10-14-3-6-16(18)7-4-14/h3-9,13,20H,10-11H2,1-2H3. The number of hydrogen-bond acceptors (Lipinski definition) is 1. The Kier molecular flexibility index (Phi) is 5.32. The molecule has 0 aliphatic rings. The van der Waals surface area contributed by atoms with E-state index in [1.807, 2.05) is 13.0 Å². The Morgan fingerprint density at radius 1 is 1.15 bits per heavy atom. The first-order chi connectivity index (χ1) is 9.54. The van der Waals surface area contributed by atoms with E-state index in [9.17, 15) is 4.39 Å². The molecule has 0 saturated carbocycles. The average molecular weight is 336 g/mol. The highest BCUT2D eigenvalue weighted by atomic mass is 79.9. The van der Waals surface area contributed by atoms with Crippen LogP contribution in [0.5, 0.6) is 0 Å². The van der Waals surface area contributed by atoms with Gasteiger partial charge >= 0.3 is 0 Å². The molecule has 2 aromatic rings. The Hall–Kier alpha value is -1.19. The normalized spacial score (nSPS) is 12.4. The summed E-state index contributed by atoms with van der Waals surface area (Å²) in [5.41, 5.74) is 3.45. The predicted molar refractivity (Wildman–Crippen MR) is 85.3 cm³/mol. The van der Waals surface area contributed by atoms with Crippen LogP contribution in [0.15, 0.2) is 46.9 Å². The van der Waals surface area contributed by atoms with Gasteiger partial charge in [-0.2, -0.15) is 0 Å². The number of benzene rings is 2. The summed E-state index contributed by atoms with van der Waals surface area (Å²) in [5.74, 6) is -0.172. The summed E-state index contributed by atoms with van der Waals surface area (Å²) in [6.07, 6.45) is 0.980. The lowest BCUT2D eigenvalue weighted by Crippen LogP contribution is -2.27. The summed E-state index contributed by atoms with van der Waals surface area (Å²) in [6.45, 7) is 4.88. The Labute approximate surface area is 128 Å². The highest BCUT2D eigenvalue weighted by Crippen LogP contribution is 2.13. The fraction of sp³-hybridized carbons (Fsp3) is 0.294. The number of rotatable bonds is 5. The van der Waals surface area contributed by atoms with Crippen LogP contribution in [0.3, 0.4) is 0 Å². The molecule has 0 amide bonds. The monoisotopic (exact) mass is 335 g/mol. The molecule has 0 saturated heterocycles. The molecule has 1 atom stereocenters. The van der Waals surface area contributed by atoms with E-state index in [1.165, 1.54) is 11.6 Å². The van der Waals surface area contributed by atoms with Crippen LogP contribution in [0.1, 0.15) is 23.6 Å². The van der Waals surface area contributed by atoms with E-state index in [2.05, 4.69) is 52.4 Å². The average Bonchev–Trinajstić information content (AvgIpc) is 2.40. The molecule has 0 aromatic heterocycles. The van der Waals surface area contributed by atoms with Crippen molar-refractivity contribution >= 4 is 15.9 Å². The molecule has 2 rings (SSSR count). The summed E-state index contributed by atoms with van der Waals surface area (Å²) in [7, 11) is 0. The van der Waals surface area contributed by atoms with Crippen molar-refractivity contribution in [2.45, 2.75) is 32.9 Å². The summed E-state index contributed by atoms with van der Waals surface area (Å²) in [6, 6.07) is 13.7. The second kappa shape index (κ2) is 7.00. The summed E-state index contributed by atoms with van der Waals surface area (Å²) in [4.78, 5) is 0. The third-order valence-electron chi connectivity index (χ3n) is 3.40. The Morgan fingerprint density at radius 2 is 1.85 bits per heavy atom. The first-order valence-electron chi connectivity index (χ1n) is 6.77. The third-order valence-corrected chi connectivity index (χ3v) is 3.93. The molecule has 1 N–H and O–H groups in total. The highest BCUT2D eigenvalue weighted by Gasteiger charge is 2.05. The predicted octanol–water partition coefficient (Wildman–Crippen LogP) is 4.62. The molecule has 20 heavy (non-hydrogen) atoms. The molecule has 0 heterocycles. The van der Waals surface area contributed by atoms with Gasteiger partial charge < -0.3 is 5.32 Å². The van der Waals surface area contributed by atoms with Crippen LogP contribution in [0.25, 0.3) is 0 Å². The smallest absolute Gasteiger partial charge is 0.123 e. The fourth-order valence-corrected chi connectivity index (χ4v) is 2.45. The molecule has 1 nitrogen and oxygen atoms in total. The van der Waals surface area contributed by atoms with Gasteiger partial charge in [-0.25, -0.2) is 4.39 Å². The van der Waals surface area contributed by atoms with Crippen LogP contribution in [0.2, 0.25) is 0 Å². The number of nitrogens with one attached hydrogen (secondary N) is 1. The van der Waals surface area contributed by atoms with Gasteiger partial charge in [0.15, 0.2) is 0 Å². The minimum Gasteiger partial charge on any atom is -0.310 e. The lowest BCUT2D eigenvalue weighted by molar-refractivity contribution is 0.543. The van der Waals surface area contributed by atoms with Crippen molar-refractivity contribution in [3.8, 4) is 0 Å². The maximum absolute atomic E-state index is 13.0. The molecule has 1 unspecified atom stereocenters. The fourth-order valence-electron chi connectivity index (χ4n) is 2.19. The van der Waals surface area contributed by atoms with Gasteiger partial charge in [-0.3, -0.25) is 0 Å². The highest BCUT2D eigenvalue weighted by molar-refractivity contribution is 9.10. The number of halogens is 2. The largest absolute Gasteiger partial charge is 0.310 e. The maximum Gasteiger partial charge on any atom is 0.123 e. The van der Waals surface area contributed by atoms with Crippen molar-refractivity contribution in [2.75, 3.05) is 0 Å². The van der Waals surface area contributed by atoms with E-state index in [0.717, 1.165) is 28.6 Å². The van der Waals surface area contributed by atoms with Gasteiger partial charge in [-0.05, 0) is 61.2 Å². The van der Waals surface area contributed by atoms with E-state index >= 15 is 0 Å². The minimum atomic E-state index is -0.172. The zero-order chi connectivity index (χ0) is 14.5. The van der Waals surface area contributed by atoms with Crippen LogP contribution in [0.4, 0.5) is 4.39 Å². The van der Waals surface area contributed by atoms with Crippen molar-refractivity contribution in [3.05, 3.63) is 69.4 Å². The molecular weight excluding hydrogens is 317 g/mol. The third kappa shape index (κ3) is 4.43. The van der Waals surface area contributed by atoms with Crippen molar-refractivity contribution in [1.29, 1.82) is 0 Å². The molecule has 0 bridgehead atoms. The summed E-state index contributed by atoms with van der Waals surface area (Å²) in [5, 5.41) is 3.49. The molecule has 3 heteroatoms. The lowest BCUT2D eigenvalue weighted by atomic mass is 10.1. The molecule has 2 aromatic carbocycles. The van der Waals surface area contributed by atoms with E-state index in [0.29, 0.717) is 6.04 Å². The quantitative estimate of drug-likeness (QED) is 0.840. The van der Waals surface area contributed by atoms with Crippen molar-refractivity contribution in [1.82, 2.24) is 5.32 Å². The molecule has 0 aliphatic carbocycles. The second-order valence-electron chi connectivity index (χ2n) is 5.18. The molecule has 0 spiro atoms. The van der Waals surface area contributed by atoms with Crippen molar-refractivity contribution < 1.29 is 4.39 Å². The lowest BCUT2D eigenvalue weighted by Gasteiger charge is -2.15. The van der Waals surface area contributed by atoms with Gasteiger partial charge in [0.05, 0.1) is 0 Å². The van der Waals surface area contributed by atoms with Crippen molar-refractivity contribution in [3.63, 3.8) is 0 Å². The zero-order valence-electron chi connectivity index (χ0n) is 11.8. The first kappa shape index (κ1) is 15.2. The SMILES string of the molecule is Cc1cc(F)ccc1CNC(C)Cc1ccc(Br)cc1. The van der Waals surface area contributed by atoms with Crippen LogP contribution >= 0.6 is 15.9 Å². The molecule has 0 fully saturated rings. The Morgan fingerprint density at radius 3 is 2.50 bits per heavy atom. The summed E-state index contributed by atoms with van der Waals surface area (Å²) >= 11 is 3.44. The molecule has 0 radical (unpaired) electrons. The number of aryl methyl sites for hydroxylation is 1. The maximum atomic E-state index is 13.0. The van der Waals surface area contributed by atoms with Crippen LogP contribution in [-0.4, -0.2) is 6.04 Å². The first-order valence-corrected chi connectivity index (χ1v) is 7.57. The molecule has 106 valence electrons. The van der Waals surface area contributed by atoms with Crippen LogP contribution in [0, 0.1) is 12.7 Å². The van der Waals surface area contributed by atoms with E-state index in [4.69, 9.17) is 0 Å². The van der Waals surface area contributed by atoms with Crippen LogP contribution in [-0.2, 0) is 13.0 Å². The number of hydrogen-bond donors (Lipinski definition) is 1. The van der Waals surface area contributed by atoms with Gasteiger partial charge in [0.2, 0.25) is 0 Å².